The topological polar surface area (TPSA) is 56.1 Å². The average Bonchev–Trinajstić information content (AvgIpc) is 2.16. The van der Waals surface area contributed by atoms with Gasteiger partial charge in [-0.1, -0.05) is 12.1 Å². The van der Waals surface area contributed by atoms with Crippen molar-refractivity contribution in [3.63, 3.8) is 0 Å². The Morgan fingerprint density at radius 3 is 2.57 bits per heavy atom. The highest BCUT2D eigenvalue weighted by Crippen LogP contribution is 2.17. The molecule has 1 saturated heterocycles. The van der Waals surface area contributed by atoms with Crippen molar-refractivity contribution in [2.45, 2.75) is 39.3 Å². The number of piperidine rings is 1. The van der Waals surface area contributed by atoms with Gasteiger partial charge in [0, 0.05) is 31.5 Å². The Labute approximate surface area is 85.2 Å². The summed E-state index contributed by atoms with van der Waals surface area (Å²) in [5.74, 6) is 0.287. The van der Waals surface area contributed by atoms with Crippen molar-refractivity contribution in [1.82, 2.24) is 4.90 Å². The van der Waals surface area contributed by atoms with E-state index >= 15 is 0 Å². The molecule has 0 radical (unpaired) electrons. The van der Waals surface area contributed by atoms with Gasteiger partial charge in [-0.2, -0.15) is 0 Å². The monoisotopic (exact) mass is 200 g/mol. The Kier molecular flexibility index (Phi) is 3.89. The normalized spacial score (nSPS) is 31.7. The van der Waals surface area contributed by atoms with E-state index in [2.05, 4.69) is 17.0 Å². The summed E-state index contributed by atoms with van der Waals surface area (Å²) in [6, 6.07) is 0.178. The van der Waals surface area contributed by atoms with Crippen LogP contribution in [-0.2, 0) is 0 Å². The van der Waals surface area contributed by atoms with Gasteiger partial charge < -0.3 is 10.3 Å². The molecule has 0 aromatic heterocycles. The molecule has 0 amide bonds. The molecule has 2 N–H and O–H groups in total. The molecule has 0 aromatic rings. The second kappa shape index (κ2) is 4.75. The number of aliphatic hydroxyl groups excluding tert-OH is 1. The van der Waals surface area contributed by atoms with E-state index in [4.69, 9.17) is 5.21 Å². The number of likely N-dealkylation sites (tertiary alicyclic amines) is 1. The molecule has 1 aliphatic rings. The molecule has 14 heavy (non-hydrogen) atoms. The molecular weight excluding hydrogens is 180 g/mol. The molecule has 1 rings (SSSR count). The van der Waals surface area contributed by atoms with Gasteiger partial charge in [0.15, 0.2) is 0 Å². The molecule has 3 atom stereocenters. The van der Waals surface area contributed by atoms with Gasteiger partial charge in [-0.15, -0.1) is 0 Å². The molecule has 1 heterocycles. The SMILES string of the molecule is CC1CN(C(C)C(C)O)CC/C1=N/O. The maximum absolute atomic E-state index is 9.46. The van der Waals surface area contributed by atoms with Crippen LogP contribution in [0.25, 0.3) is 0 Å². The molecule has 4 nitrogen and oxygen atoms in total. The minimum atomic E-state index is -0.310. The van der Waals surface area contributed by atoms with E-state index in [0.29, 0.717) is 0 Å². The number of hydrogen-bond acceptors (Lipinski definition) is 4. The van der Waals surface area contributed by atoms with Gasteiger partial charge in [0.25, 0.3) is 0 Å². The fourth-order valence-corrected chi connectivity index (χ4v) is 1.88. The first-order valence-corrected chi connectivity index (χ1v) is 5.19. The van der Waals surface area contributed by atoms with Crippen molar-refractivity contribution in [2.24, 2.45) is 11.1 Å². The Morgan fingerprint density at radius 2 is 2.14 bits per heavy atom. The zero-order valence-corrected chi connectivity index (χ0v) is 9.14. The minimum Gasteiger partial charge on any atom is -0.411 e. The first-order valence-electron chi connectivity index (χ1n) is 5.19. The predicted octanol–water partition coefficient (Wildman–Crippen LogP) is 0.928. The standard InChI is InChI=1S/C10H20N2O2/c1-7-6-12(8(2)9(3)13)5-4-10(7)11-14/h7-9,13-14H,4-6H2,1-3H3/b11-10-. The zero-order valence-electron chi connectivity index (χ0n) is 9.14. The Balaban J connectivity index is 2.54. The first-order chi connectivity index (χ1) is 6.56. The predicted molar refractivity (Wildman–Crippen MR) is 55.7 cm³/mol. The molecule has 0 spiro atoms. The molecule has 3 unspecified atom stereocenters. The van der Waals surface area contributed by atoms with Gasteiger partial charge in [-0.05, 0) is 13.8 Å². The van der Waals surface area contributed by atoms with Crippen LogP contribution in [-0.4, -0.2) is 46.2 Å². The van der Waals surface area contributed by atoms with Crippen LogP contribution in [0.3, 0.4) is 0 Å². The lowest BCUT2D eigenvalue weighted by Crippen LogP contribution is -2.48. The number of oxime groups is 1. The molecule has 0 aromatic carbocycles. The van der Waals surface area contributed by atoms with Crippen molar-refractivity contribution in [3.8, 4) is 0 Å². The zero-order chi connectivity index (χ0) is 10.7. The maximum Gasteiger partial charge on any atom is 0.0664 e. The summed E-state index contributed by atoms with van der Waals surface area (Å²) in [5, 5.41) is 21.5. The van der Waals surface area contributed by atoms with Gasteiger partial charge in [-0.25, -0.2) is 0 Å². The number of aliphatic hydroxyl groups is 1. The highest BCUT2D eigenvalue weighted by Gasteiger charge is 2.27. The summed E-state index contributed by atoms with van der Waals surface area (Å²) in [4.78, 5) is 2.24. The molecule has 1 fully saturated rings. The van der Waals surface area contributed by atoms with E-state index in [0.717, 1.165) is 25.2 Å². The summed E-state index contributed by atoms with van der Waals surface area (Å²) < 4.78 is 0. The van der Waals surface area contributed by atoms with E-state index in [9.17, 15) is 5.11 Å². The number of rotatable bonds is 2. The van der Waals surface area contributed by atoms with Gasteiger partial charge >= 0.3 is 0 Å². The molecule has 0 saturated carbocycles. The highest BCUT2D eigenvalue weighted by atomic mass is 16.4. The Bertz CT molecular complexity index is 216. The van der Waals surface area contributed by atoms with Gasteiger partial charge in [0.05, 0.1) is 11.8 Å². The highest BCUT2D eigenvalue weighted by molar-refractivity contribution is 5.87. The molecule has 4 heteroatoms. The molecule has 0 bridgehead atoms. The van der Waals surface area contributed by atoms with Gasteiger partial charge in [-0.3, -0.25) is 4.90 Å². The largest absolute Gasteiger partial charge is 0.411 e. The van der Waals surface area contributed by atoms with Crippen molar-refractivity contribution in [3.05, 3.63) is 0 Å². The smallest absolute Gasteiger partial charge is 0.0664 e. The summed E-state index contributed by atoms with van der Waals surface area (Å²) in [6.45, 7) is 7.63. The average molecular weight is 200 g/mol. The van der Waals surface area contributed by atoms with Crippen LogP contribution in [0.4, 0.5) is 0 Å². The third-order valence-corrected chi connectivity index (χ3v) is 3.13. The lowest BCUT2D eigenvalue weighted by Gasteiger charge is -2.37. The van der Waals surface area contributed by atoms with Crippen LogP contribution in [0, 0.1) is 5.92 Å². The summed E-state index contributed by atoms with van der Waals surface area (Å²) in [7, 11) is 0. The molecule has 1 aliphatic heterocycles. The van der Waals surface area contributed by atoms with Crippen LogP contribution in [0.2, 0.25) is 0 Å². The van der Waals surface area contributed by atoms with Gasteiger partial charge in [0.1, 0.15) is 0 Å². The lowest BCUT2D eigenvalue weighted by molar-refractivity contribution is 0.0626. The van der Waals surface area contributed by atoms with Crippen LogP contribution in [0.15, 0.2) is 5.16 Å². The molecule has 82 valence electrons. The second-order valence-corrected chi connectivity index (χ2v) is 4.22. The maximum atomic E-state index is 9.46. The summed E-state index contributed by atoms with van der Waals surface area (Å²) in [5.41, 5.74) is 0.874. The summed E-state index contributed by atoms with van der Waals surface area (Å²) >= 11 is 0. The first kappa shape index (κ1) is 11.5. The lowest BCUT2D eigenvalue weighted by atomic mass is 9.96. The van der Waals surface area contributed by atoms with Crippen molar-refractivity contribution < 1.29 is 10.3 Å². The third-order valence-electron chi connectivity index (χ3n) is 3.13. The molecular formula is C10H20N2O2. The number of hydrogen-bond donors (Lipinski definition) is 2. The van der Waals surface area contributed by atoms with E-state index in [1.807, 2.05) is 13.8 Å². The van der Waals surface area contributed by atoms with Crippen LogP contribution >= 0.6 is 0 Å². The van der Waals surface area contributed by atoms with Crippen molar-refractivity contribution >= 4 is 5.71 Å². The quantitative estimate of drug-likeness (QED) is 0.515. The van der Waals surface area contributed by atoms with Crippen LogP contribution in [0.5, 0.6) is 0 Å². The van der Waals surface area contributed by atoms with Crippen molar-refractivity contribution in [1.29, 1.82) is 0 Å². The summed E-state index contributed by atoms with van der Waals surface area (Å²) in [6.07, 6.45) is 0.490. The van der Waals surface area contributed by atoms with E-state index in [-0.39, 0.29) is 18.1 Å². The molecule has 0 aliphatic carbocycles. The minimum absolute atomic E-state index is 0.178. The van der Waals surface area contributed by atoms with Crippen LogP contribution < -0.4 is 0 Å². The Hall–Kier alpha value is -0.610. The fraction of sp³-hybridized carbons (Fsp3) is 0.900. The van der Waals surface area contributed by atoms with Crippen molar-refractivity contribution in [2.75, 3.05) is 13.1 Å². The van der Waals surface area contributed by atoms with Crippen LogP contribution in [0.1, 0.15) is 27.2 Å². The Morgan fingerprint density at radius 1 is 1.50 bits per heavy atom. The third kappa shape index (κ3) is 2.45. The fourth-order valence-electron chi connectivity index (χ4n) is 1.88. The van der Waals surface area contributed by atoms with E-state index in [1.165, 1.54) is 0 Å². The van der Waals surface area contributed by atoms with E-state index < -0.39 is 0 Å². The van der Waals surface area contributed by atoms with E-state index in [1.54, 1.807) is 0 Å². The van der Waals surface area contributed by atoms with Gasteiger partial charge in [0.2, 0.25) is 0 Å². The second-order valence-electron chi connectivity index (χ2n) is 4.22. The number of nitrogens with zero attached hydrogens (tertiary/aromatic N) is 2.